The van der Waals surface area contributed by atoms with Gasteiger partial charge < -0.3 is 5.32 Å². The second-order valence-electron chi connectivity index (χ2n) is 3.37. The molecule has 0 aliphatic rings. The SMILES string of the molecule is CC(=O)NCCNS(=O)(=O)c1ccc(C#N)nc1. The van der Waals surface area contributed by atoms with Crippen molar-refractivity contribution in [2.45, 2.75) is 11.8 Å². The minimum Gasteiger partial charge on any atom is -0.355 e. The Morgan fingerprint density at radius 3 is 2.67 bits per heavy atom. The molecule has 0 atom stereocenters. The van der Waals surface area contributed by atoms with Crippen LogP contribution in [0.1, 0.15) is 12.6 Å². The highest BCUT2D eigenvalue weighted by molar-refractivity contribution is 7.89. The molecule has 0 aromatic carbocycles. The van der Waals surface area contributed by atoms with Crippen LogP contribution < -0.4 is 10.0 Å². The van der Waals surface area contributed by atoms with Gasteiger partial charge in [-0.1, -0.05) is 0 Å². The summed E-state index contributed by atoms with van der Waals surface area (Å²) in [4.78, 5) is 14.2. The number of nitrogens with one attached hydrogen (secondary N) is 2. The summed E-state index contributed by atoms with van der Waals surface area (Å²) in [6, 6.07) is 4.42. The van der Waals surface area contributed by atoms with Crippen LogP contribution in [-0.2, 0) is 14.8 Å². The van der Waals surface area contributed by atoms with E-state index in [0.717, 1.165) is 6.20 Å². The summed E-state index contributed by atoms with van der Waals surface area (Å²) >= 11 is 0. The van der Waals surface area contributed by atoms with Crippen LogP contribution in [0.2, 0.25) is 0 Å². The van der Waals surface area contributed by atoms with E-state index in [1.54, 1.807) is 6.07 Å². The van der Waals surface area contributed by atoms with E-state index in [-0.39, 0.29) is 29.6 Å². The topological polar surface area (TPSA) is 112 Å². The zero-order valence-electron chi connectivity index (χ0n) is 9.67. The number of rotatable bonds is 5. The molecule has 1 amide bonds. The second kappa shape index (κ2) is 6.09. The van der Waals surface area contributed by atoms with Gasteiger partial charge >= 0.3 is 0 Å². The van der Waals surface area contributed by atoms with E-state index in [2.05, 4.69) is 15.0 Å². The Balaban J connectivity index is 2.63. The van der Waals surface area contributed by atoms with Gasteiger partial charge in [-0.15, -0.1) is 0 Å². The molecule has 0 radical (unpaired) electrons. The summed E-state index contributed by atoms with van der Waals surface area (Å²) in [6.07, 6.45) is 1.11. The Kier molecular flexibility index (Phi) is 4.76. The molecule has 0 aliphatic heterocycles. The third-order valence-corrected chi connectivity index (χ3v) is 3.40. The summed E-state index contributed by atoms with van der Waals surface area (Å²) in [5.74, 6) is -0.228. The number of hydrogen-bond acceptors (Lipinski definition) is 5. The maximum Gasteiger partial charge on any atom is 0.242 e. The van der Waals surface area contributed by atoms with Crippen molar-refractivity contribution in [1.29, 1.82) is 5.26 Å². The molecule has 0 saturated heterocycles. The van der Waals surface area contributed by atoms with Crippen molar-refractivity contribution in [3.8, 4) is 6.07 Å². The smallest absolute Gasteiger partial charge is 0.242 e. The Labute approximate surface area is 105 Å². The monoisotopic (exact) mass is 268 g/mol. The van der Waals surface area contributed by atoms with Crippen LogP contribution in [0.4, 0.5) is 0 Å². The Bertz CT molecular complexity index is 560. The van der Waals surface area contributed by atoms with Gasteiger partial charge in [0, 0.05) is 26.2 Å². The first-order valence-electron chi connectivity index (χ1n) is 5.06. The van der Waals surface area contributed by atoms with Crippen molar-refractivity contribution >= 4 is 15.9 Å². The molecular weight excluding hydrogens is 256 g/mol. The maximum atomic E-state index is 11.7. The van der Waals surface area contributed by atoms with Gasteiger partial charge in [-0.25, -0.2) is 18.1 Å². The number of pyridine rings is 1. The zero-order chi connectivity index (χ0) is 13.6. The molecule has 1 rings (SSSR count). The number of carbonyl (C=O) groups excluding carboxylic acids is 1. The number of carbonyl (C=O) groups is 1. The van der Waals surface area contributed by atoms with Crippen molar-refractivity contribution in [2.24, 2.45) is 0 Å². The molecule has 0 saturated carbocycles. The van der Waals surface area contributed by atoms with Crippen molar-refractivity contribution in [3.05, 3.63) is 24.0 Å². The summed E-state index contributed by atoms with van der Waals surface area (Å²) in [6.45, 7) is 1.64. The van der Waals surface area contributed by atoms with E-state index in [0.29, 0.717) is 0 Å². The normalized spacial score (nSPS) is 10.7. The van der Waals surface area contributed by atoms with Crippen molar-refractivity contribution < 1.29 is 13.2 Å². The average Bonchev–Trinajstić information content (AvgIpc) is 2.34. The zero-order valence-corrected chi connectivity index (χ0v) is 10.5. The van der Waals surface area contributed by atoms with Gasteiger partial charge in [0.2, 0.25) is 15.9 Å². The predicted molar refractivity (Wildman–Crippen MR) is 62.8 cm³/mol. The summed E-state index contributed by atoms with van der Waals surface area (Å²) < 4.78 is 25.8. The first kappa shape index (κ1) is 14.1. The van der Waals surface area contributed by atoms with Gasteiger partial charge in [0.1, 0.15) is 16.7 Å². The molecule has 1 heterocycles. The maximum absolute atomic E-state index is 11.7. The highest BCUT2D eigenvalue weighted by atomic mass is 32.2. The quantitative estimate of drug-likeness (QED) is 0.690. The molecular formula is C10H12N4O3S. The van der Waals surface area contributed by atoms with Crippen molar-refractivity contribution in [2.75, 3.05) is 13.1 Å². The Morgan fingerprint density at radius 1 is 1.44 bits per heavy atom. The van der Waals surface area contributed by atoms with Crippen LogP contribution in [0.5, 0.6) is 0 Å². The molecule has 0 aliphatic carbocycles. The fourth-order valence-corrected chi connectivity index (χ4v) is 2.09. The lowest BCUT2D eigenvalue weighted by Crippen LogP contribution is -2.33. The first-order valence-corrected chi connectivity index (χ1v) is 6.54. The molecule has 0 spiro atoms. The van der Waals surface area contributed by atoms with E-state index in [4.69, 9.17) is 5.26 Å². The van der Waals surface area contributed by atoms with Crippen molar-refractivity contribution in [3.63, 3.8) is 0 Å². The molecule has 7 nitrogen and oxygen atoms in total. The highest BCUT2D eigenvalue weighted by Crippen LogP contribution is 2.06. The van der Waals surface area contributed by atoms with E-state index in [1.165, 1.54) is 19.1 Å². The summed E-state index contributed by atoms with van der Waals surface area (Å²) in [5, 5.41) is 11.0. The van der Waals surface area contributed by atoms with Crippen LogP contribution in [0.25, 0.3) is 0 Å². The summed E-state index contributed by atoms with van der Waals surface area (Å²) in [7, 11) is -3.66. The first-order chi connectivity index (χ1) is 8.45. The van der Waals surface area contributed by atoms with Gasteiger partial charge in [-0.2, -0.15) is 5.26 Å². The molecule has 0 fully saturated rings. The number of hydrogen-bond donors (Lipinski definition) is 2. The second-order valence-corrected chi connectivity index (χ2v) is 5.14. The number of amides is 1. The van der Waals surface area contributed by atoms with E-state index < -0.39 is 10.0 Å². The average molecular weight is 268 g/mol. The third-order valence-electron chi connectivity index (χ3n) is 1.95. The molecule has 1 aromatic rings. The van der Waals surface area contributed by atoms with Gasteiger partial charge in [-0.3, -0.25) is 4.79 Å². The van der Waals surface area contributed by atoms with E-state index in [9.17, 15) is 13.2 Å². The van der Waals surface area contributed by atoms with Gasteiger partial charge in [0.15, 0.2) is 0 Å². The van der Waals surface area contributed by atoms with Crippen LogP contribution in [0, 0.1) is 11.3 Å². The van der Waals surface area contributed by atoms with Gasteiger partial charge in [0.05, 0.1) is 0 Å². The van der Waals surface area contributed by atoms with Crippen LogP contribution in [0.3, 0.4) is 0 Å². The molecule has 8 heteroatoms. The van der Waals surface area contributed by atoms with Gasteiger partial charge in [-0.05, 0) is 12.1 Å². The number of nitrogens with zero attached hydrogens (tertiary/aromatic N) is 2. The molecule has 0 bridgehead atoms. The minimum absolute atomic E-state index is 0.0238. The molecule has 18 heavy (non-hydrogen) atoms. The lowest BCUT2D eigenvalue weighted by Gasteiger charge is -2.06. The van der Waals surface area contributed by atoms with Crippen LogP contribution in [-0.4, -0.2) is 32.4 Å². The highest BCUT2D eigenvalue weighted by Gasteiger charge is 2.13. The minimum atomic E-state index is -3.66. The molecule has 1 aromatic heterocycles. The molecule has 0 unspecified atom stereocenters. The van der Waals surface area contributed by atoms with E-state index in [1.807, 2.05) is 0 Å². The fraction of sp³-hybridized carbons (Fsp3) is 0.300. The van der Waals surface area contributed by atoms with E-state index >= 15 is 0 Å². The Morgan fingerprint density at radius 2 is 2.17 bits per heavy atom. The fourth-order valence-electron chi connectivity index (χ4n) is 1.11. The predicted octanol–water partition coefficient (Wildman–Crippen LogP) is -0.632. The number of sulfonamides is 1. The Hall–Kier alpha value is -1.98. The lowest BCUT2D eigenvalue weighted by atomic mass is 10.4. The van der Waals surface area contributed by atoms with Crippen molar-refractivity contribution in [1.82, 2.24) is 15.0 Å². The number of nitriles is 1. The standard InChI is InChI=1S/C10H12N4O3S/c1-8(15)12-4-5-14-18(16,17)10-3-2-9(6-11)13-7-10/h2-3,7,14H,4-5H2,1H3,(H,12,15). The van der Waals surface area contributed by atoms with Crippen LogP contribution in [0.15, 0.2) is 23.2 Å². The molecule has 2 N–H and O–H groups in total. The van der Waals surface area contributed by atoms with Crippen LogP contribution >= 0.6 is 0 Å². The summed E-state index contributed by atoms with van der Waals surface area (Å²) in [5.41, 5.74) is 0.146. The molecule has 96 valence electrons. The lowest BCUT2D eigenvalue weighted by molar-refractivity contribution is -0.118. The largest absolute Gasteiger partial charge is 0.355 e. The third kappa shape index (κ3) is 4.12. The van der Waals surface area contributed by atoms with Gasteiger partial charge in [0.25, 0.3) is 0 Å². The number of aromatic nitrogens is 1.